The first-order valence-electron chi connectivity index (χ1n) is 7.07. The lowest BCUT2D eigenvalue weighted by Gasteiger charge is -2.09. The number of hydrogen-bond acceptors (Lipinski definition) is 4. The van der Waals surface area contributed by atoms with Crippen LogP contribution in [-0.2, 0) is 19.5 Å². The molecule has 0 saturated carbocycles. The summed E-state index contributed by atoms with van der Waals surface area (Å²) in [5.74, 6) is 1.50. The third-order valence-electron chi connectivity index (χ3n) is 3.57. The highest BCUT2D eigenvalue weighted by molar-refractivity contribution is 5.36. The molecule has 1 aromatic heterocycles. The third-order valence-corrected chi connectivity index (χ3v) is 3.57. The van der Waals surface area contributed by atoms with Crippen molar-refractivity contribution in [1.82, 2.24) is 14.3 Å². The zero-order valence-electron chi connectivity index (χ0n) is 11.7. The van der Waals surface area contributed by atoms with Crippen LogP contribution in [0.15, 0.2) is 29.1 Å². The van der Waals surface area contributed by atoms with Gasteiger partial charge in [-0.1, -0.05) is 6.07 Å². The van der Waals surface area contributed by atoms with Gasteiger partial charge in [0.2, 0.25) is 0 Å². The highest BCUT2D eigenvalue weighted by Crippen LogP contribution is 2.12. The lowest BCUT2D eigenvalue weighted by molar-refractivity contribution is 0.288. The Labute approximate surface area is 122 Å². The molecular formula is C15H16N4O2. The van der Waals surface area contributed by atoms with Crippen molar-refractivity contribution in [1.29, 1.82) is 5.26 Å². The Morgan fingerprint density at radius 1 is 1.38 bits per heavy atom. The van der Waals surface area contributed by atoms with Crippen LogP contribution in [0.3, 0.4) is 0 Å². The fraction of sp³-hybridized carbons (Fsp3) is 0.400. The van der Waals surface area contributed by atoms with Gasteiger partial charge in [-0.15, -0.1) is 0 Å². The molecule has 0 N–H and O–H groups in total. The van der Waals surface area contributed by atoms with Gasteiger partial charge in [-0.3, -0.25) is 4.57 Å². The standard InChI is InChI=1S/C15H16N4O2/c16-11-12-4-3-5-13(10-12)21-9-8-19-15(20)18-7-2-1-6-14(18)17-19/h3-5,10H,1-2,6-9H2. The number of aromatic nitrogens is 3. The van der Waals surface area contributed by atoms with Crippen LogP contribution in [0.4, 0.5) is 0 Å². The monoisotopic (exact) mass is 284 g/mol. The lowest BCUT2D eigenvalue weighted by Crippen LogP contribution is -2.28. The van der Waals surface area contributed by atoms with E-state index in [1.54, 1.807) is 28.8 Å². The van der Waals surface area contributed by atoms with E-state index in [-0.39, 0.29) is 5.69 Å². The summed E-state index contributed by atoms with van der Waals surface area (Å²) < 4.78 is 8.80. The van der Waals surface area contributed by atoms with E-state index < -0.39 is 0 Å². The number of ether oxygens (including phenoxy) is 1. The van der Waals surface area contributed by atoms with E-state index in [9.17, 15) is 4.79 Å². The molecule has 21 heavy (non-hydrogen) atoms. The fourth-order valence-electron chi connectivity index (χ4n) is 2.50. The van der Waals surface area contributed by atoms with E-state index in [0.717, 1.165) is 31.6 Å². The Bertz CT molecular complexity index is 739. The van der Waals surface area contributed by atoms with Crippen molar-refractivity contribution < 1.29 is 4.74 Å². The number of nitriles is 1. The molecule has 0 saturated heterocycles. The SMILES string of the molecule is N#Cc1cccc(OCCn2nc3n(c2=O)CCCC3)c1. The van der Waals surface area contributed by atoms with Crippen molar-refractivity contribution in [3.63, 3.8) is 0 Å². The number of hydrogen-bond donors (Lipinski definition) is 0. The van der Waals surface area contributed by atoms with Crippen LogP contribution >= 0.6 is 0 Å². The quantitative estimate of drug-likeness (QED) is 0.849. The number of fused-ring (bicyclic) bond motifs is 1. The molecule has 2 heterocycles. The fourth-order valence-corrected chi connectivity index (χ4v) is 2.50. The molecule has 3 rings (SSSR count). The molecule has 1 aliphatic rings. The molecule has 0 aliphatic carbocycles. The number of benzene rings is 1. The Morgan fingerprint density at radius 3 is 3.10 bits per heavy atom. The average molecular weight is 284 g/mol. The first kappa shape index (κ1) is 13.4. The topological polar surface area (TPSA) is 72.8 Å². The predicted octanol–water partition coefficient (Wildman–Crippen LogP) is 1.33. The van der Waals surface area contributed by atoms with Crippen molar-refractivity contribution in [2.24, 2.45) is 0 Å². The molecular weight excluding hydrogens is 268 g/mol. The smallest absolute Gasteiger partial charge is 0.346 e. The van der Waals surface area contributed by atoms with E-state index in [0.29, 0.717) is 24.5 Å². The maximum absolute atomic E-state index is 12.1. The normalized spacial score (nSPS) is 13.5. The Kier molecular flexibility index (Phi) is 3.73. The summed E-state index contributed by atoms with van der Waals surface area (Å²) in [6.45, 7) is 1.53. The molecule has 0 unspecified atom stereocenters. The predicted molar refractivity (Wildman–Crippen MR) is 76.1 cm³/mol. The van der Waals surface area contributed by atoms with Crippen LogP contribution in [0.5, 0.6) is 5.75 Å². The van der Waals surface area contributed by atoms with Gasteiger partial charge in [0, 0.05) is 13.0 Å². The van der Waals surface area contributed by atoms with Gasteiger partial charge in [-0.2, -0.15) is 10.4 Å². The van der Waals surface area contributed by atoms with Crippen LogP contribution in [0, 0.1) is 11.3 Å². The maximum Gasteiger partial charge on any atom is 0.346 e. The van der Waals surface area contributed by atoms with Gasteiger partial charge >= 0.3 is 5.69 Å². The molecule has 6 heteroatoms. The Hall–Kier alpha value is -2.55. The van der Waals surface area contributed by atoms with Crippen molar-refractivity contribution in [2.75, 3.05) is 6.61 Å². The summed E-state index contributed by atoms with van der Waals surface area (Å²) in [5, 5.41) is 13.2. The summed E-state index contributed by atoms with van der Waals surface area (Å²) in [6, 6.07) is 9.04. The maximum atomic E-state index is 12.1. The molecule has 0 fully saturated rings. The van der Waals surface area contributed by atoms with Gasteiger partial charge < -0.3 is 4.74 Å². The van der Waals surface area contributed by atoms with Crippen LogP contribution in [0.1, 0.15) is 24.2 Å². The Morgan fingerprint density at radius 2 is 2.29 bits per heavy atom. The summed E-state index contributed by atoms with van der Waals surface area (Å²) in [7, 11) is 0. The van der Waals surface area contributed by atoms with Gasteiger partial charge in [-0.25, -0.2) is 9.48 Å². The largest absolute Gasteiger partial charge is 0.492 e. The van der Waals surface area contributed by atoms with Crippen LogP contribution < -0.4 is 10.4 Å². The van der Waals surface area contributed by atoms with Crippen molar-refractivity contribution in [3.05, 3.63) is 46.1 Å². The highest BCUT2D eigenvalue weighted by Gasteiger charge is 2.16. The minimum atomic E-state index is -0.0564. The van der Waals surface area contributed by atoms with E-state index in [1.807, 2.05) is 0 Å². The molecule has 0 bridgehead atoms. The molecule has 108 valence electrons. The molecule has 0 atom stereocenters. The Balaban J connectivity index is 1.64. The summed E-state index contributed by atoms with van der Waals surface area (Å²) in [4.78, 5) is 12.1. The van der Waals surface area contributed by atoms with Crippen molar-refractivity contribution in [2.45, 2.75) is 32.4 Å². The van der Waals surface area contributed by atoms with Crippen LogP contribution in [-0.4, -0.2) is 21.0 Å². The second kappa shape index (κ2) is 5.83. The van der Waals surface area contributed by atoms with E-state index in [2.05, 4.69) is 11.2 Å². The molecule has 0 amide bonds. The van der Waals surface area contributed by atoms with Gasteiger partial charge in [-0.05, 0) is 31.0 Å². The number of rotatable bonds is 4. The first-order valence-corrected chi connectivity index (χ1v) is 7.07. The second-order valence-corrected chi connectivity index (χ2v) is 5.02. The van der Waals surface area contributed by atoms with Crippen molar-refractivity contribution in [3.8, 4) is 11.8 Å². The van der Waals surface area contributed by atoms with Gasteiger partial charge in [0.1, 0.15) is 18.2 Å². The zero-order chi connectivity index (χ0) is 14.7. The van der Waals surface area contributed by atoms with Gasteiger partial charge in [0.05, 0.1) is 18.2 Å². The first-order chi connectivity index (χ1) is 10.3. The molecule has 2 aromatic rings. The zero-order valence-corrected chi connectivity index (χ0v) is 11.7. The van der Waals surface area contributed by atoms with E-state index in [1.165, 1.54) is 4.68 Å². The van der Waals surface area contributed by atoms with E-state index in [4.69, 9.17) is 10.00 Å². The molecule has 0 spiro atoms. The molecule has 1 aliphatic heterocycles. The lowest BCUT2D eigenvalue weighted by atomic mass is 10.2. The minimum absolute atomic E-state index is 0.0564. The second-order valence-electron chi connectivity index (χ2n) is 5.02. The third kappa shape index (κ3) is 2.82. The van der Waals surface area contributed by atoms with Gasteiger partial charge in [0.25, 0.3) is 0 Å². The minimum Gasteiger partial charge on any atom is -0.492 e. The molecule has 1 aromatic carbocycles. The van der Waals surface area contributed by atoms with Crippen LogP contribution in [0.2, 0.25) is 0 Å². The van der Waals surface area contributed by atoms with E-state index >= 15 is 0 Å². The van der Waals surface area contributed by atoms with Gasteiger partial charge in [0.15, 0.2) is 0 Å². The number of aryl methyl sites for hydroxylation is 1. The summed E-state index contributed by atoms with van der Waals surface area (Å²) in [6.07, 6.45) is 3.00. The molecule has 6 nitrogen and oxygen atoms in total. The van der Waals surface area contributed by atoms with Crippen molar-refractivity contribution >= 4 is 0 Å². The average Bonchev–Trinajstić information content (AvgIpc) is 2.84. The number of nitrogens with zero attached hydrogens (tertiary/aromatic N) is 4. The summed E-state index contributed by atoms with van der Waals surface area (Å²) >= 11 is 0. The highest BCUT2D eigenvalue weighted by atomic mass is 16.5. The summed E-state index contributed by atoms with van der Waals surface area (Å²) in [5.41, 5.74) is 0.501. The molecule has 0 radical (unpaired) electrons. The van der Waals surface area contributed by atoms with Crippen LogP contribution in [0.25, 0.3) is 0 Å².